The largest absolute Gasteiger partial charge is 0.494 e. The highest BCUT2D eigenvalue weighted by atomic mass is 32.1. The van der Waals surface area contributed by atoms with Gasteiger partial charge in [-0.05, 0) is 49.4 Å². The molecule has 1 atom stereocenters. The van der Waals surface area contributed by atoms with Crippen molar-refractivity contribution in [3.05, 3.63) is 45.6 Å². The Morgan fingerprint density at radius 3 is 2.89 bits per heavy atom. The van der Waals surface area contributed by atoms with Gasteiger partial charge in [-0.2, -0.15) is 5.26 Å². The number of hydrogen-bond acceptors (Lipinski definition) is 4. The van der Waals surface area contributed by atoms with Gasteiger partial charge < -0.3 is 15.0 Å². The summed E-state index contributed by atoms with van der Waals surface area (Å²) in [5.41, 5.74) is 2.62. The van der Waals surface area contributed by atoms with E-state index in [-0.39, 0.29) is 17.5 Å². The summed E-state index contributed by atoms with van der Waals surface area (Å²) in [7, 11) is 3.41. The van der Waals surface area contributed by atoms with Crippen LogP contribution in [0.2, 0.25) is 0 Å². The van der Waals surface area contributed by atoms with E-state index in [0.29, 0.717) is 30.1 Å². The number of methoxy groups -OCH3 is 1. The molecular formula is C21H25FN3O2S+. The van der Waals surface area contributed by atoms with Crippen molar-refractivity contribution < 1.29 is 18.8 Å². The van der Waals surface area contributed by atoms with E-state index in [2.05, 4.69) is 11.4 Å². The number of nitrogens with zero attached hydrogens (tertiary/aromatic N) is 1. The van der Waals surface area contributed by atoms with Gasteiger partial charge in [0.15, 0.2) is 11.6 Å². The summed E-state index contributed by atoms with van der Waals surface area (Å²) in [5.74, 6) is -0.237. The predicted molar refractivity (Wildman–Crippen MR) is 107 cm³/mol. The molecule has 0 bridgehead atoms. The molecule has 1 aromatic heterocycles. The summed E-state index contributed by atoms with van der Waals surface area (Å²) in [5, 5.41) is 13.1. The van der Waals surface area contributed by atoms with E-state index >= 15 is 0 Å². The predicted octanol–water partition coefficient (Wildman–Crippen LogP) is 2.69. The van der Waals surface area contributed by atoms with E-state index in [0.717, 1.165) is 41.7 Å². The SMILES string of the molecule is COc1ccc(C[NH+](C)CCC(=O)Nc2sc3c(c2C#N)CCCC3)cc1F. The van der Waals surface area contributed by atoms with Gasteiger partial charge >= 0.3 is 0 Å². The van der Waals surface area contributed by atoms with Gasteiger partial charge in [0.25, 0.3) is 0 Å². The van der Waals surface area contributed by atoms with Crippen LogP contribution >= 0.6 is 11.3 Å². The van der Waals surface area contributed by atoms with E-state index in [1.54, 1.807) is 17.4 Å². The van der Waals surface area contributed by atoms with Crippen molar-refractivity contribution in [3.63, 3.8) is 0 Å². The van der Waals surface area contributed by atoms with Crippen LogP contribution in [0.1, 0.15) is 40.8 Å². The summed E-state index contributed by atoms with van der Waals surface area (Å²) >= 11 is 1.54. The topological polar surface area (TPSA) is 66.6 Å². The number of quaternary nitrogens is 1. The minimum Gasteiger partial charge on any atom is -0.494 e. The van der Waals surface area contributed by atoms with E-state index in [1.807, 2.05) is 13.1 Å². The summed E-state index contributed by atoms with van der Waals surface area (Å²) in [4.78, 5) is 14.7. The average Bonchev–Trinajstić information content (AvgIpc) is 3.03. The molecule has 0 saturated carbocycles. The maximum absolute atomic E-state index is 13.8. The maximum atomic E-state index is 13.8. The van der Waals surface area contributed by atoms with Gasteiger partial charge in [0.05, 0.1) is 32.7 Å². The van der Waals surface area contributed by atoms with E-state index < -0.39 is 0 Å². The van der Waals surface area contributed by atoms with Crippen LogP contribution in [-0.2, 0) is 24.2 Å². The van der Waals surface area contributed by atoms with Crippen LogP contribution in [0.5, 0.6) is 5.75 Å². The molecule has 1 amide bonds. The van der Waals surface area contributed by atoms with Crippen molar-refractivity contribution in [3.8, 4) is 11.8 Å². The number of hydrogen-bond donors (Lipinski definition) is 2. The lowest BCUT2D eigenvalue weighted by atomic mass is 9.96. The molecule has 1 aromatic carbocycles. The van der Waals surface area contributed by atoms with Crippen LogP contribution < -0.4 is 15.0 Å². The number of halogens is 1. The smallest absolute Gasteiger partial charge is 0.230 e. The minimum absolute atomic E-state index is 0.0876. The molecule has 28 heavy (non-hydrogen) atoms. The second kappa shape index (κ2) is 9.18. The first-order valence-electron chi connectivity index (χ1n) is 9.50. The van der Waals surface area contributed by atoms with Crippen LogP contribution in [0.4, 0.5) is 9.39 Å². The van der Waals surface area contributed by atoms with Crippen LogP contribution in [0.25, 0.3) is 0 Å². The highest BCUT2D eigenvalue weighted by Gasteiger charge is 2.22. The Morgan fingerprint density at radius 1 is 1.39 bits per heavy atom. The molecule has 0 saturated heterocycles. The molecule has 2 N–H and O–H groups in total. The number of rotatable bonds is 7. The lowest BCUT2D eigenvalue weighted by Gasteiger charge is -2.14. The van der Waals surface area contributed by atoms with E-state index in [4.69, 9.17) is 4.74 Å². The van der Waals surface area contributed by atoms with Gasteiger partial charge in [0.1, 0.15) is 17.6 Å². The van der Waals surface area contributed by atoms with Crippen molar-refractivity contribution in [1.82, 2.24) is 0 Å². The summed E-state index contributed by atoms with van der Waals surface area (Å²) < 4.78 is 18.7. The molecule has 2 aromatic rings. The van der Waals surface area contributed by atoms with Crippen molar-refractivity contribution in [2.24, 2.45) is 0 Å². The number of fused-ring (bicyclic) bond motifs is 1. The van der Waals surface area contributed by atoms with E-state index in [9.17, 15) is 14.4 Å². The Kier molecular flexibility index (Phi) is 6.65. The van der Waals surface area contributed by atoms with Crippen molar-refractivity contribution >= 4 is 22.2 Å². The standard InChI is InChI=1S/C21H24FN3O2S/c1-25(13-14-7-8-18(27-2)17(22)11-14)10-9-20(26)24-21-16(12-23)15-5-3-4-6-19(15)28-21/h7-8,11H,3-6,9-10,13H2,1-2H3,(H,24,26)/p+1. The zero-order valence-corrected chi connectivity index (χ0v) is 17.0. The fourth-order valence-electron chi connectivity index (χ4n) is 3.54. The number of amides is 1. The number of nitriles is 1. The molecule has 1 aliphatic carbocycles. The monoisotopic (exact) mass is 402 g/mol. The van der Waals surface area contributed by atoms with Crippen LogP contribution in [0, 0.1) is 17.1 Å². The number of aryl methyl sites for hydroxylation is 1. The molecule has 0 fully saturated rings. The maximum Gasteiger partial charge on any atom is 0.230 e. The van der Waals surface area contributed by atoms with Crippen LogP contribution in [-0.4, -0.2) is 26.6 Å². The highest BCUT2D eigenvalue weighted by Crippen LogP contribution is 2.37. The Hall–Kier alpha value is -2.43. The Morgan fingerprint density at radius 2 is 2.18 bits per heavy atom. The number of ether oxygens (including phenoxy) is 1. The molecule has 0 radical (unpaired) electrons. The van der Waals surface area contributed by atoms with Gasteiger partial charge in [0, 0.05) is 10.4 Å². The van der Waals surface area contributed by atoms with E-state index in [1.165, 1.54) is 18.1 Å². The fraction of sp³-hybridized carbons (Fsp3) is 0.429. The number of benzene rings is 1. The molecular weight excluding hydrogens is 377 g/mol. The molecule has 3 rings (SSSR count). The lowest BCUT2D eigenvalue weighted by Crippen LogP contribution is -3.07. The third-order valence-corrected chi connectivity index (χ3v) is 6.24. The average molecular weight is 403 g/mol. The number of carbonyl (C=O) groups is 1. The molecule has 5 nitrogen and oxygen atoms in total. The van der Waals surface area contributed by atoms with Gasteiger partial charge in [-0.3, -0.25) is 4.79 Å². The number of nitrogens with one attached hydrogen (secondary N) is 2. The first-order chi connectivity index (χ1) is 13.5. The van der Waals surface area contributed by atoms with Crippen molar-refractivity contribution in [2.75, 3.05) is 26.0 Å². The third kappa shape index (κ3) is 4.70. The third-order valence-electron chi connectivity index (χ3n) is 5.04. The number of thiophene rings is 1. The fourth-order valence-corrected chi connectivity index (χ4v) is 4.80. The highest BCUT2D eigenvalue weighted by molar-refractivity contribution is 7.16. The zero-order valence-electron chi connectivity index (χ0n) is 16.2. The quantitative estimate of drug-likeness (QED) is 0.748. The lowest BCUT2D eigenvalue weighted by molar-refractivity contribution is -0.893. The zero-order chi connectivity index (χ0) is 20.1. The Bertz CT molecular complexity index is 904. The van der Waals surface area contributed by atoms with Crippen LogP contribution in [0.3, 0.4) is 0 Å². The van der Waals surface area contributed by atoms with Gasteiger partial charge in [0.2, 0.25) is 5.91 Å². The first-order valence-corrected chi connectivity index (χ1v) is 10.3. The first kappa shape index (κ1) is 20.3. The number of anilines is 1. The van der Waals surface area contributed by atoms with Crippen molar-refractivity contribution in [2.45, 2.75) is 38.6 Å². The second-order valence-electron chi connectivity index (χ2n) is 7.18. The summed E-state index contributed by atoms with van der Waals surface area (Å²) in [6, 6.07) is 7.19. The second-order valence-corrected chi connectivity index (χ2v) is 8.28. The summed E-state index contributed by atoms with van der Waals surface area (Å²) in [6.45, 7) is 1.23. The Balaban J connectivity index is 1.54. The number of carbonyl (C=O) groups excluding carboxylic acids is 1. The van der Waals surface area contributed by atoms with Crippen molar-refractivity contribution in [1.29, 1.82) is 5.26 Å². The Labute approximate surface area is 168 Å². The van der Waals surface area contributed by atoms with Gasteiger partial charge in [-0.25, -0.2) is 4.39 Å². The van der Waals surface area contributed by atoms with Crippen LogP contribution in [0.15, 0.2) is 18.2 Å². The molecule has 1 heterocycles. The summed E-state index contributed by atoms with van der Waals surface area (Å²) in [6.07, 6.45) is 4.52. The molecule has 1 aliphatic rings. The molecule has 1 unspecified atom stereocenters. The minimum atomic E-state index is -0.378. The molecule has 148 valence electrons. The normalized spacial score (nSPS) is 14.1. The van der Waals surface area contributed by atoms with Gasteiger partial charge in [-0.1, -0.05) is 0 Å². The molecule has 0 spiro atoms. The van der Waals surface area contributed by atoms with Gasteiger partial charge in [-0.15, -0.1) is 11.3 Å². The molecule has 0 aliphatic heterocycles. The molecule has 7 heteroatoms.